The van der Waals surface area contributed by atoms with Gasteiger partial charge in [-0.05, 0) is 48.6 Å². The topological polar surface area (TPSA) is 120 Å². The number of aryl methyl sites for hydroxylation is 1. The number of carbonyl (C=O) groups excluding carboxylic acids is 2. The van der Waals surface area contributed by atoms with Crippen LogP contribution >= 0.6 is 11.3 Å². The number of hydrogen-bond donors (Lipinski definition) is 4. The first kappa shape index (κ1) is 26.8. The lowest BCUT2D eigenvalue weighted by Gasteiger charge is -2.18. The van der Waals surface area contributed by atoms with Crippen LogP contribution in [0.5, 0.6) is 0 Å². The molecule has 0 fully saturated rings. The second kappa shape index (κ2) is 12.8. The molecule has 10 heteroatoms. The number of nitrogens with zero attached hydrogens (tertiary/aromatic N) is 1. The number of urea groups is 1. The third kappa shape index (κ3) is 8.46. The quantitative estimate of drug-likeness (QED) is 0.275. The fourth-order valence-corrected chi connectivity index (χ4v) is 4.49. The van der Waals surface area contributed by atoms with E-state index in [1.54, 1.807) is 36.5 Å². The van der Waals surface area contributed by atoms with E-state index in [2.05, 4.69) is 34.8 Å². The SMILES string of the molecule is CC(C)CC(NC(=O)Cc1ccc(NC(=O)Nc2ccccc2F)cc1)c1ncc(CCC(=O)O)s1. The van der Waals surface area contributed by atoms with Crippen LogP contribution in [-0.2, 0) is 22.4 Å². The predicted molar refractivity (Wildman–Crippen MR) is 138 cm³/mol. The zero-order valence-corrected chi connectivity index (χ0v) is 20.9. The molecule has 4 N–H and O–H groups in total. The second-order valence-electron chi connectivity index (χ2n) is 8.74. The highest BCUT2D eigenvalue weighted by Gasteiger charge is 2.20. The summed E-state index contributed by atoms with van der Waals surface area (Å²) in [5.74, 6) is -1.23. The molecule has 190 valence electrons. The molecule has 0 saturated carbocycles. The van der Waals surface area contributed by atoms with Crippen molar-refractivity contribution in [1.29, 1.82) is 0 Å². The highest BCUT2D eigenvalue weighted by atomic mass is 32.1. The van der Waals surface area contributed by atoms with E-state index in [-0.39, 0.29) is 30.5 Å². The Morgan fingerprint density at radius 2 is 1.78 bits per heavy atom. The summed E-state index contributed by atoms with van der Waals surface area (Å²) in [7, 11) is 0. The maximum atomic E-state index is 13.7. The van der Waals surface area contributed by atoms with Gasteiger partial charge in [0, 0.05) is 16.8 Å². The van der Waals surface area contributed by atoms with Crippen LogP contribution in [0.4, 0.5) is 20.6 Å². The number of aromatic nitrogens is 1. The van der Waals surface area contributed by atoms with E-state index in [4.69, 9.17) is 5.11 Å². The number of nitrogens with one attached hydrogen (secondary N) is 3. The lowest BCUT2D eigenvalue weighted by molar-refractivity contribution is -0.137. The van der Waals surface area contributed by atoms with Crippen LogP contribution in [0.3, 0.4) is 0 Å². The largest absolute Gasteiger partial charge is 0.481 e. The van der Waals surface area contributed by atoms with Crippen LogP contribution in [-0.4, -0.2) is 28.0 Å². The number of hydrogen-bond acceptors (Lipinski definition) is 5. The highest BCUT2D eigenvalue weighted by molar-refractivity contribution is 7.11. The van der Waals surface area contributed by atoms with Crippen LogP contribution < -0.4 is 16.0 Å². The summed E-state index contributed by atoms with van der Waals surface area (Å²) in [5, 5.41) is 17.8. The summed E-state index contributed by atoms with van der Waals surface area (Å²) in [4.78, 5) is 41.0. The number of aliphatic carboxylic acids is 1. The zero-order chi connectivity index (χ0) is 26.1. The van der Waals surface area contributed by atoms with Crippen LogP contribution in [0, 0.1) is 11.7 Å². The maximum Gasteiger partial charge on any atom is 0.323 e. The van der Waals surface area contributed by atoms with Gasteiger partial charge in [0.15, 0.2) is 0 Å². The standard InChI is InChI=1S/C26H29FN4O4S/c1-16(2)13-22(25-28-15-19(36-25)11-12-24(33)34)30-23(32)14-17-7-9-18(10-8-17)29-26(35)31-21-6-4-3-5-20(21)27/h3-10,15-16,22H,11-14H2,1-2H3,(H,30,32)(H,33,34)(H2,29,31,35). The van der Waals surface area contributed by atoms with Crippen molar-refractivity contribution in [3.05, 3.63) is 76.0 Å². The van der Waals surface area contributed by atoms with Crippen molar-refractivity contribution < 1.29 is 23.9 Å². The summed E-state index contributed by atoms with van der Waals surface area (Å²) >= 11 is 1.42. The van der Waals surface area contributed by atoms with E-state index >= 15 is 0 Å². The highest BCUT2D eigenvalue weighted by Crippen LogP contribution is 2.26. The summed E-state index contributed by atoms with van der Waals surface area (Å²) < 4.78 is 13.7. The van der Waals surface area contributed by atoms with Crippen molar-refractivity contribution in [3.63, 3.8) is 0 Å². The second-order valence-corrected chi connectivity index (χ2v) is 9.89. The molecule has 2 aromatic carbocycles. The van der Waals surface area contributed by atoms with E-state index in [1.165, 1.54) is 29.5 Å². The number of rotatable bonds is 11. The average Bonchev–Trinajstić information content (AvgIpc) is 3.29. The molecule has 8 nitrogen and oxygen atoms in total. The molecule has 0 bridgehead atoms. The molecule has 1 heterocycles. The van der Waals surface area contributed by atoms with E-state index in [0.29, 0.717) is 24.4 Å². The smallest absolute Gasteiger partial charge is 0.323 e. The molecule has 0 radical (unpaired) electrons. The van der Waals surface area contributed by atoms with E-state index in [0.717, 1.165) is 15.4 Å². The van der Waals surface area contributed by atoms with Gasteiger partial charge in [-0.15, -0.1) is 11.3 Å². The summed E-state index contributed by atoms with van der Waals surface area (Å²) in [6.07, 6.45) is 2.98. The molecule has 0 aliphatic rings. The Morgan fingerprint density at radius 3 is 2.44 bits per heavy atom. The molecular weight excluding hydrogens is 483 g/mol. The first-order valence-electron chi connectivity index (χ1n) is 11.6. The minimum Gasteiger partial charge on any atom is -0.481 e. The minimum atomic E-state index is -0.857. The Bertz CT molecular complexity index is 1200. The monoisotopic (exact) mass is 512 g/mol. The molecule has 0 aliphatic carbocycles. The van der Waals surface area contributed by atoms with Crippen LogP contribution in [0.15, 0.2) is 54.7 Å². The molecule has 3 amide bonds. The molecule has 1 unspecified atom stereocenters. The molecule has 3 aromatic rings. The van der Waals surface area contributed by atoms with Gasteiger partial charge in [-0.2, -0.15) is 0 Å². The fraction of sp³-hybridized carbons (Fsp3) is 0.308. The molecule has 0 aliphatic heterocycles. The van der Waals surface area contributed by atoms with Crippen molar-refractivity contribution >= 4 is 40.6 Å². The third-order valence-corrected chi connectivity index (χ3v) is 6.37. The summed E-state index contributed by atoms with van der Waals surface area (Å²) in [6, 6.07) is 11.9. The Labute approximate surface area is 213 Å². The van der Waals surface area contributed by atoms with Gasteiger partial charge in [0.1, 0.15) is 10.8 Å². The van der Waals surface area contributed by atoms with Gasteiger partial charge in [-0.3, -0.25) is 9.59 Å². The lowest BCUT2D eigenvalue weighted by atomic mass is 10.0. The van der Waals surface area contributed by atoms with Crippen molar-refractivity contribution in [2.24, 2.45) is 5.92 Å². The van der Waals surface area contributed by atoms with Gasteiger partial charge in [-0.1, -0.05) is 38.1 Å². The number of amides is 3. The van der Waals surface area contributed by atoms with E-state index < -0.39 is 17.8 Å². The lowest BCUT2D eigenvalue weighted by Crippen LogP contribution is -2.30. The van der Waals surface area contributed by atoms with Gasteiger partial charge < -0.3 is 21.1 Å². The normalized spacial score (nSPS) is 11.7. The number of carbonyl (C=O) groups is 3. The summed E-state index contributed by atoms with van der Waals surface area (Å²) in [5.41, 5.74) is 1.34. The predicted octanol–water partition coefficient (Wildman–Crippen LogP) is 5.39. The molecule has 36 heavy (non-hydrogen) atoms. The van der Waals surface area contributed by atoms with Crippen molar-refractivity contribution in [2.75, 3.05) is 10.6 Å². The van der Waals surface area contributed by atoms with Gasteiger partial charge >= 0.3 is 12.0 Å². The molecule has 0 spiro atoms. The van der Waals surface area contributed by atoms with Crippen molar-refractivity contribution in [2.45, 2.75) is 45.6 Å². The zero-order valence-electron chi connectivity index (χ0n) is 20.1. The number of carboxylic acids is 1. The number of benzene rings is 2. The van der Waals surface area contributed by atoms with Crippen LogP contribution in [0.2, 0.25) is 0 Å². The number of para-hydroxylation sites is 1. The first-order valence-corrected chi connectivity index (χ1v) is 12.4. The fourth-order valence-electron chi connectivity index (χ4n) is 3.51. The number of carboxylic acid groups (broad SMARTS) is 1. The average molecular weight is 513 g/mol. The molecule has 0 saturated heterocycles. The van der Waals surface area contributed by atoms with Gasteiger partial charge in [0.05, 0.1) is 24.6 Å². The maximum absolute atomic E-state index is 13.7. The molecule has 3 rings (SSSR count). The van der Waals surface area contributed by atoms with E-state index in [9.17, 15) is 18.8 Å². The van der Waals surface area contributed by atoms with E-state index in [1.807, 2.05) is 0 Å². The Kier molecular flexibility index (Phi) is 9.52. The summed E-state index contributed by atoms with van der Waals surface area (Å²) in [6.45, 7) is 4.12. The van der Waals surface area contributed by atoms with Crippen molar-refractivity contribution in [1.82, 2.24) is 10.3 Å². The Hall–Kier alpha value is -3.79. The Balaban J connectivity index is 1.56. The van der Waals surface area contributed by atoms with Crippen LogP contribution in [0.1, 0.15) is 48.2 Å². The number of halogens is 1. The van der Waals surface area contributed by atoms with Crippen molar-refractivity contribution in [3.8, 4) is 0 Å². The number of anilines is 2. The van der Waals surface area contributed by atoms with Gasteiger partial charge in [0.25, 0.3) is 0 Å². The first-order chi connectivity index (χ1) is 17.2. The molecule has 1 atom stereocenters. The molecular formula is C26H29FN4O4S. The number of thiazole rings is 1. The third-order valence-electron chi connectivity index (χ3n) is 5.20. The van der Waals surface area contributed by atoms with Gasteiger partial charge in [0.2, 0.25) is 5.91 Å². The molecule has 1 aromatic heterocycles. The van der Waals surface area contributed by atoms with Crippen LogP contribution in [0.25, 0.3) is 0 Å². The van der Waals surface area contributed by atoms with Gasteiger partial charge in [-0.25, -0.2) is 14.2 Å². The minimum absolute atomic E-state index is 0.0402. The Morgan fingerprint density at radius 1 is 1.06 bits per heavy atom.